The number of rotatable bonds is 8. The zero-order valence-corrected chi connectivity index (χ0v) is 20.3. The van der Waals surface area contributed by atoms with Gasteiger partial charge in [0.05, 0.1) is 17.1 Å². The Bertz CT molecular complexity index is 1000. The number of ether oxygens (including phenoxy) is 1. The van der Waals surface area contributed by atoms with E-state index in [9.17, 15) is 13.2 Å². The van der Waals surface area contributed by atoms with E-state index in [2.05, 4.69) is 35.1 Å². The zero-order valence-electron chi connectivity index (χ0n) is 17.9. The van der Waals surface area contributed by atoms with Crippen LogP contribution in [0.15, 0.2) is 51.8 Å². The Kier molecular flexibility index (Phi) is 8.13. The van der Waals surface area contributed by atoms with Gasteiger partial charge in [-0.15, -0.1) is 0 Å². The molecular formula is C23H29BrN2O4S. The molecule has 0 radical (unpaired) electrons. The molecule has 3 rings (SSSR count). The van der Waals surface area contributed by atoms with Crippen LogP contribution in [0.5, 0.6) is 5.75 Å². The highest BCUT2D eigenvalue weighted by molar-refractivity contribution is 9.10. The molecule has 168 valence electrons. The number of nitrogens with zero attached hydrogens (tertiary/aromatic N) is 1. The lowest BCUT2D eigenvalue weighted by Crippen LogP contribution is -2.37. The summed E-state index contributed by atoms with van der Waals surface area (Å²) in [5.74, 6) is 0.763. The van der Waals surface area contributed by atoms with Crippen LogP contribution < -0.4 is 10.1 Å². The van der Waals surface area contributed by atoms with Gasteiger partial charge in [-0.2, -0.15) is 4.31 Å². The van der Waals surface area contributed by atoms with Crippen molar-refractivity contribution in [3.63, 3.8) is 0 Å². The fourth-order valence-corrected chi connectivity index (χ4v) is 5.25. The van der Waals surface area contributed by atoms with Crippen molar-refractivity contribution in [1.29, 1.82) is 0 Å². The number of anilines is 1. The number of benzene rings is 2. The van der Waals surface area contributed by atoms with Crippen molar-refractivity contribution in [3.8, 4) is 5.75 Å². The van der Waals surface area contributed by atoms with Gasteiger partial charge in [0.15, 0.2) is 0 Å². The number of hydrogen-bond acceptors (Lipinski definition) is 4. The van der Waals surface area contributed by atoms with E-state index in [-0.39, 0.29) is 10.8 Å². The van der Waals surface area contributed by atoms with E-state index < -0.39 is 10.0 Å². The highest BCUT2D eigenvalue weighted by atomic mass is 79.9. The number of nitrogens with one attached hydrogen (secondary N) is 1. The highest BCUT2D eigenvalue weighted by Crippen LogP contribution is 2.27. The first kappa shape index (κ1) is 23.8. The summed E-state index contributed by atoms with van der Waals surface area (Å²) in [6.07, 6.45) is 3.66. The summed E-state index contributed by atoms with van der Waals surface area (Å²) in [7, 11) is -3.51. The topological polar surface area (TPSA) is 75.7 Å². The second kappa shape index (κ2) is 10.6. The second-order valence-electron chi connectivity index (χ2n) is 7.91. The molecule has 0 unspecified atom stereocenters. The number of carbonyl (C=O) groups is 1. The minimum Gasteiger partial charge on any atom is -0.493 e. The summed E-state index contributed by atoms with van der Waals surface area (Å²) in [6, 6.07) is 11.6. The molecule has 1 aliphatic rings. The van der Waals surface area contributed by atoms with Crippen molar-refractivity contribution in [3.05, 3.63) is 52.5 Å². The van der Waals surface area contributed by atoms with Gasteiger partial charge in [0.25, 0.3) is 5.91 Å². The van der Waals surface area contributed by atoms with Gasteiger partial charge in [0, 0.05) is 23.2 Å². The molecule has 8 heteroatoms. The van der Waals surface area contributed by atoms with Gasteiger partial charge < -0.3 is 10.1 Å². The lowest BCUT2D eigenvalue weighted by Gasteiger charge is -2.29. The van der Waals surface area contributed by atoms with Gasteiger partial charge in [-0.05, 0) is 67.6 Å². The van der Waals surface area contributed by atoms with E-state index >= 15 is 0 Å². The van der Waals surface area contributed by atoms with Crippen LogP contribution >= 0.6 is 15.9 Å². The molecule has 0 atom stereocenters. The number of piperidine rings is 1. The zero-order chi connectivity index (χ0) is 22.4. The normalized spacial score (nSPS) is 15.6. The average molecular weight is 509 g/mol. The van der Waals surface area contributed by atoms with E-state index in [1.807, 2.05) is 6.07 Å². The fraction of sp³-hybridized carbons (Fsp3) is 0.435. The molecule has 1 fully saturated rings. The Morgan fingerprint density at radius 3 is 2.48 bits per heavy atom. The monoisotopic (exact) mass is 508 g/mol. The number of hydrogen-bond donors (Lipinski definition) is 1. The second-order valence-corrected chi connectivity index (χ2v) is 10.8. The largest absolute Gasteiger partial charge is 0.493 e. The van der Waals surface area contributed by atoms with Crippen molar-refractivity contribution >= 4 is 37.5 Å². The van der Waals surface area contributed by atoms with Crippen LogP contribution in [0, 0.1) is 5.92 Å². The van der Waals surface area contributed by atoms with E-state index in [1.54, 1.807) is 40.7 Å². The maximum absolute atomic E-state index is 12.9. The number of carbonyl (C=O) groups excluding carboxylic acids is 1. The summed E-state index contributed by atoms with van der Waals surface area (Å²) in [4.78, 5) is 13.1. The van der Waals surface area contributed by atoms with Crippen molar-refractivity contribution in [2.75, 3.05) is 25.0 Å². The maximum atomic E-state index is 12.9. The van der Waals surface area contributed by atoms with Gasteiger partial charge in [-0.3, -0.25) is 4.79 Å². The first-order valence-electron chi connectivity index (χ1n) is 10.6. The van der Waals surface area contributed by atoms with E-state index in [4.69, 9.17) is 4.74 Å². The lowest BCUT2D eigenvalue weighted by molar-refractivity contribution is 0.102. The fourth-order valence-electron chi connectivity index (χ4n) is 3.41. The molecule has 0 saturated carbocycles. The Labute approximate surface area is 193 Å². The summed E-state index contributed by atoms with van der Waals surface area (Å²) in [5.41, 5.74) is 0.945. The number of unbranched alkanes of at least 4 members (excludes halogenated alkanes) is 1. The first-order valence-corrected chi connectivity index (χ1v) is 12.9. The third kappa shape index (κ3) is 6.08. The minimum absolute atomic E-state index is 0.242. The van der Waals surface area contributed by atoms with Crippen LogP contribution in [0.25, 0.3) is 0 Å². The molecule has 2 aromatic rings. The van der Waals surface area contributed by atoms with Gasteiger partial charge in [-0.25, -0.2) is 8.42 Å². The predicted molar refractivity (Wildman–Crippen MR) is 126 cm³/mol. The van der Waals surface area contributed by atoms with Gasteiger partial charge >= 0.3 is 0 Å². The smallest absolute Gasteiger partial charge is 0.259 e. The molecule has 0 spiro atoms. The summed E-state index contributed by atoms with van der Waals surface area (Å²) in [5, 5.41) is 2.83. The third-order valence-corrected chi connectivity index (χ3v) is 7.84. The van der Waals surface area contributed by atoms with Crippen LogP contribution in [0.1, 0.15) is 49.9 Å². The van der Waals surface area contributed by atoms with E-state index in [0.29, 0.717) is 42.6 Å². The Balaban J connectivity index is 1.71. The number of sulfonamides is 1. The molecule has 31 heavy (non-hydrogen) atoms. The molecule has 0 bridgehead atoms. The third-order valence-electron chi connectivity index (χ3n) is 5.43. The van der Waals surface area contributed by atoms with Crippen LogP contribution in [-0.2, 0) is 10.0 Å². The molecule has 2 aromatic carbocycles. The summed E-state index contributed by atoms with van der Waals surface area (Å²) >= 11 is 3.40. The molecule has 1 amide bonds. The summed E-state index contributed by atoms with van der Waals surface area (Å²) < 4.78 is 33.8. The Hall–Kier alpha value is -1.90. The van der Waals surface area contributed by atoms with Gasteiger partial charge in [-0.1, -0.05) is 36.2 Å². The van der Waals surface area contributed by atoms with Crippen LogP contribution in [0.2, 0.25) is 0 Å². The Morgan fingerprint density at radius 2 is 1.84 bits per heavy atom. The molecule has 0 aromatic heterocycles. The maximum Gasteiger partial charge on any atom is 0.259 e. The minimum atomic E-state index is -3.51. The first-order chi connectivity index (χ1) is 14.8. The van der Waals surface area contributed by atoms with Crippen molar-refractivity contribution in [2.45, 2.75) is 44.4 Å². The van der Waals surface area contributed by atoms with Crippen LogP contribution in [0.3, 0.4) is 0 Å². The van der Waals surface area contributed by atoms with E-state index in [1.165, 1.54) is 0 Å². The van der Waals surface area contributed by atoms with Crippen LogP contribution in [0.4, 0.5) is 5.69 Å². The molecule has 1 N–H and O–H groups in total. The van der Waals surface area contributed by atoms with E-state index in [0.717, 1.165) is 30.2 Å². The molecule has 1 saturated heterocycles. The molecule has 1 heterocycles. The number of halogens is 1. The SMILES string of the molecule is CCCCOc1ccc(Br)cc1C(=O)Nc1ccc(S(=O)(=O)N2CCC(C)CC2)cc1. The average Bonchev–Trinajstić information content (AvgIpc) is 2.75. The Morgan fingerprint density at radius 1 is 1.16 bits per heavy atom. The molecule has 1 aliphatic heterocycles. The quantitative estimate of drug-likeness (QED) is 0.490. The predicted octanol–water partition coefficient (Wildman–Crippen LogP) is 5.30. The van der Waals surface area contributed by atoms with Crippen molar-refractivity contribution in [2.24, 2.45) is 5.92 Å². The van der Waals surface area contributed by atoms with Crippen LogP contribution in [-0.4, -0.2) is 38.3 Å². The van der Waals surface area contributed by atoms with Gasteiger partial charge in [0.2, 0.25) is 10.0 Å². The molecular weight excluding hydrogens is 480 g/mol. The number of amides is 1. The standard InChI is InChI=1S/C23H29BrN2O4S/c1-3-4-15-30-22-10-5-18(24)16-21(22)23(27)25-19-6-8-20(9-7-19)31(28,29)26-13-11-17(2)12-14-26/h5-10,16-17H,3-4,11-15H2,1-2H3,(H,25,27). The summed E-state index contributed by atoms with van der Waals surface area (Å²) in [6.45, 7) is 5.86. The lowest BCUT2D eigenvalue weighted by atomic mass is 10.0. The van der Waals surface area contributed by atoms with Gasteiger partial charge in [0.1, 0.15) is 5.75 Å². The molecule has 0 aliphatic carbocycles. The highest BCUT2D eigenvalue weighted by Gasteiger charge is 2.28. The molecule has 6 nitrogen and oxygen atoms in total. The van der Waals surface area contributed by atoms with Crippen molar-refractivity contribution in [1.82, 2.24) is 4.31 Å². The van der Waals surface area contributed by atoms with Crippen molar-refractivity contribution < 1.29 is 17.9 Å².